The molecule has 0 radical (unpaired) electrons. The monoisotopic (exact) mass is 425 g/mol. The average molecular weight is 425 g/mol. The first kappa shape index (κ1) is 20.5. The second-order valence-electron chi connectivity index (χ2n) is 7.39. The molecule has 4 rings (SSSR count). The van der Waals surface area contributed by atoms with Crippen molar-refractivity contribution in [1.82, 2.24) is 15.4 Å². The van der Waals surface area contributed by atoms with E-state index in [1.54, 1.807) is 6.07 Å². The number of hydrogen-bond acceptors (Lipinski definition) is 7. The number of fused-ring (bicyclic) bond motifs is 1. The Morgan fingerprint density at radius 1 is 1.19 bits per heavy atom. The van der Waals surface area contributed by atoms with Crippen LogP contribution in [0.25, 0.3) is 0 Å². The number of aryl methyl sites for hydroxylation is 1. The van der Waals surface area contributed by atoms with Crippen LogP contribution in [0.3, 0.4) is 0 Å². The van der Waals surface area contributed by atoms with E-state index in [2.05, 4.69) is 10.9 Å². The van der Waals surface area contributed by atoms with Gasteiger partial charge in [0.2, 0.25) is 11.7 Å². The van der Waals surface area contributed by atoms with Crippen LogP contribution in [0.4, 0.5) is 0 Å². The molecule has 2 N–H and O–H groups in total. The van der Waals surface area contributed by atoms with Crippen LogP contribution in [-0.4, -0.2) is 41.5 Å². The van der Waals surface area contributed by atoms with E-state index in [0.29, 0.717) is 24.5 Å². The van der Waals surface area contributed by atoms with Crippen molar-refractivity contribution in [2.24, 2.45) is 0 Å². The number of ketones is 1. The Labute approximate surface area is 178 Å². The zero-order valence-corrected chi connectivity index (χ0v) is 17.3. The number of aromatic nitrogens is 1. The Kier molecular flexibility index (Phi) is 5.66. The van der Waals surface area contributed by atoms with Crippen LogP contribution in [0.2, 0.25) is 0 Å². The predicted molar refractivity (Wildman–Crippen MR) is 110 cm³/mol. The third kappa shape index (κ3) is 4.40. The Bertz CT molecular complexity index is 1070. The molecule has 31 heavy (non-hydrogen) atoms. The number of benzene rings is 1. The lowest BCUT2D eigenvalue weighted by Gasteiger charge is -2.27. The molecule has 2 aromatic rings. The van der Waals surface area contributed by atoms with Crippen molar-refractivity contribution in [1.29, 1.82) is 0 Å². The molecule has 0 saturated heterocycles. The van der Waals surface area contributed by atoms with Crippen molar-refractivity contribution in [2.45, 2.75) is 32.9 Å². The molecule has 9 nitrogen and oxygen atoms in total. The van der Waals surface area contributed by atoms with Gasteiger partial charge in [0.15, 0.2) is 24.2 Å². The van der Waals surface area contributed by atoms with Gasteiger partial charge in [-0.15, -0.1) is 0 Å². The first-order chi connectivity index (χ1) is 14.9. The summed E-state index contributed by atoms with van der Waals surface area (Å²) >= 11 is 0. The average Bonchev–Trinajstić information content (AvgIpc) is 3.06. The molecule has 162 valence electrons. The van der Waals surface area contributed by atoms with Gasteiger partial charge in [-0.05, 0) is 38.1 Å². The summed E-state index contributed by atoms with van der Waals surface area (Å²) in [5.41, 5.74) is 7.04. The molecule has 9 heteroatoms. The fourth-order valence-electron chi connectivity index (χ4n) is 3.58. The molecule has 0 saturated carbocycles. The number of Topliss-reactive ketones (excluding diaryl/α,β-unsaturated/α-hetero) is 1. The van der Waals surface area contributed by atoms with Gasteiger partial charge in [-0.25, -0.2) is 4.79 Å². The number of nitrogens with zero attached hydrogens (tertiary/aromatic N) is 1. The Hall–Kier alpha value is -3.75. The summed E-state index contributed by atoms with van der Waals surface area (Å²) in [4.78, 5) is 35.9. The maximum atomic E-state index is 12.7. The second-order valence-corrected chi connectivity index (χ2v) is 7.39. The molecule has 2 aliphatic rings. The highest BCUT2D eigenvalue weighted by molar-refractivity contribution is 6.00. The smallest absolute Gasteiger partial charge is 0.356 e. The number of hydrazine groups is 1. The molecule has 2 aliphatic heterocycles. The SMILES string of the molecule is Cc1cc(C(=O)COC(=O)C2=CCC(=O)NN2)c(C)n1C[C@H]1COc2ccccc2O1. The van der Waals surface area contributed by atoms with Crippen molar-refractivity contribution >= 4 is 17.7 Å². The van der Waals surface area contributed by atoms with E-state index in [0.717, 1.165) is 17.1 Å². The predicted octanol–water partition coefficient (Wildman–Crippen LogP) is 1.58. The number of rotatable bonds is 6. The van der Waals surface area contributed by atoms with Crippen molar-refractivity contribution in [2.75, 3.05) is 13.2 Å². The highest BCUT2D eigenvalue weighted by Crippen LogP contribution is 2.31. The van der Waals surface area contributed by atoms with Gasteiger partial charge >= 0.3 is 5.97 Å². The summed E-state index contributed by atoms with van der Waals surface area (Å²) in [5, 5.41) is 0. The molecule has 0 unspecified atom stereocenters. The molecule has 1 amide bonds. The standard InChI is InChI=1S/C22H23N3O6/c1-13-9-16(18(26)12-30-22(28)17-7-8-21(27)24-23-17)14(2)25(13)10-15-11-29-19-5-3-4-6-20(19)31-15/h3-7,9,15,23H,8,10-12H2,1-2H3,(H,24,27)/t15-/m0/s1. The molecule has 1 aromatic carbocycles. The third-order valence-corrected chi connectivity index (χ3v) is 5.21. The van der Waals surface area contributed by atoms with Gasteiger partial charge in [-0.3, -0.25) is 20.4 Å². The van der Waals surface area contributed by atoms with Gasteiger partial charge in [0.25, 0.3) is 0 Å². The first-order valence-corrected chi connectivity index (χ1v) is 9.93. The number of esters is 1. The number of ether oxygens (including phenoxy) is 3. The van der Waals surface area contributed by atoms with Crippen molar-refractivity contribution in [3.63, 3.8) is 0 Å². The van der Waals surface area contributed by atoms with Gasteiger partial charge in [0.1, 0.15) is 12.3 Å². The van der Waals surface area contributed by atoms with Crippen LogP contribution in [0.15, 0.2) is 42.1 Å². The van der Waals surface area contributed by atoms with Crippen molar-refractivity contribution in [3.8, 4) is 11.5 Å². The highest BCUT2D eigenvalue weighted by Gasteiger charge is 2.25. The Balaban J connectivity index is 1.39. The second kappa shape index (κ2) is 8.55. The van der Waals surface area contributed by atoms with E-state index in [-0.39, 0.29) is 29.9 Å². The molecule has 3 heterocycles. The highest BCUT2D eigenvalue weighted by atomic mass is 16.6. The maximum Gasteiger partial charge on any atom is 0.356 e. The van der Waals surface area contributed by atoms with Crippen LogP contribution in [0.5, 0.6) is 11.5 Å². The van der Waals surface area contributed by atoms with Crippen LogP contribution in [-0.2, 0) is 20.9 Å². The van der Waals surface area contributed by atoms with Crippen molar-refractivity contribution < 1.29 is 28.6 Å². The van der Waals surface area contributed by atoms with E-state index in [9.17, 15) is 14.4 Å². The quantitative estimate of drug-likeness (QED) is 0.534. The molecule has 0 bridgehead atoms. The van der Waals surface area contributed by atoms with E-state index in [4.69, 9.17) is 14.2 Å². The number of carbonyl (C=O) groups is 3. The minimum atomic E-state index is -0.700. The third-order valence-electron chi connectivity index (χ3n) is 5.21. The molecule has 1 atom stereocenters. The number of hydrogen-bond donors (Lipinski definition) is 2. The number of carbonyl (C=O) groups excluding carboxylic acids is 3. The summed E-state index contributed by atoms with van der Waals surface area (Å²) in [6.07, 6.45) is 1.30. The van der Waals surface area contributed by atoms with Gasteiger partial charge in [-0.2, -0.15) is 0 Å². The van der Waals surface area contributed by atoms with Gasteiger partial charge < -0.3 is 18.8 Å². The minimum absolute atomic E-state index is 0.0734. The van der Waals surface area contributed by atoms with Gasteiger partial charge in [0, 0.05) is 23.4 Å². The normalized spacial score (nSPS) is 17.3. The zero-order chi connectivity index (χ0) is 22.0. The lowest BCUT2D eigenvalue weighted by Crippen LogP contribution is -2.42. The first-order valence-electron chi connectivity index (χ1n) is 9.93. The molecule has 0 spiro atoms. The minimum Gasteiger partial charge on any atom is -0.486 e. The lowest BCUT2D eigenvalue weighted by atomic mass is 10.1. The summed E-state index contributed by atoms with van der Waals surface area (Å²) in [6, 6.07) is 9.29. The molecule has 0 fully saturated rings. The molecular weight excluding hydrogens is 402 g/mol. The number of amides is 1. The molecule has 1 aromatic heterocycles. The summed E-state index contributed by atoms with van der Waals surface area (Å²) in [7, 11) is 0. The van der Waals surface area contributed by atoms with E-state index < -0.39 is 12.6 Å². The largest absolute Gasteiger partial charge is 0.486 e. The maximum absolute atomic E-state index is 12.7. The molecule has 0 aliphatic carbocycles. The van der Waals surface area contributed by atoms with Crippen LogP contribution < -0.4 is 20.3 Å². The zero-order valence-electron chi connectivity index (χ0n) is 17.3. The van der Waals surface area contributed by atoms with Crippen molar-refractivity contribution in [3.05, 3.63) is 59.1 Å². The number of nitrogens with one attached hydrogen (secondary N) is 2. The van der Waals surface area contributed by atoms with E-state index in [1.807, 2.05) is 42.7 Å². The van der Waals surface area contributed by atoms with E-state index >= 15 is 0 Å². The van der Waals surface area contributed by atoms with Crippen LogP contribution in [0, 0.1) is 13.8 Å². The molecular formula is C22H23N3O6. The Morgan fingerprint density at radius 2 is 1.97 bits per heavy atom. The number of para-hydroxylation sites is 2. The van der Waals surface area contributed by atoms with E-state index in [1.165, 1.54) is 6.08 Å². The van der Waals surface area contributed by atoms with Crippen LogP contribution >= 0.6 is 0 Å². The Morgan fingerprint density at radius 3 is 2.71 bits per heavy atom. The summed E-state index contributed by atoms with van der Waals surface area (Å²) in [6.45, 7) is 4.29. The topological polar surface area (TPSA) is 108 Å². The lowest BCUT2D eigenvalue weighted by molar-refractivity contribution is -0.138. The summed E-state index contributed by atoms with van der Waals surface area (Å²) in [5.74, 6) is 0.162. The fraction of sp³-hybridized carbons (Fsp3) is 0.318. The fourth-order valence-corrected chi connectivity index (χ4v) is 3.58. The van der Waals surface area contributed by atoms with Crippen LogP contribution in [0.1, 0.15) is 28.2 Å². The van der Waals surface area contributed by atoms with Gasteiger partial charge in [0.05, 0.1) is 6.54 Å². The summed E-state index contributed by atoms with van der Waals surface area (Å²) < 4.78 is 18.9. The van der Waals surface area contributed by atoms with Gasteiger partial charge in [-0.1, -0.05) is 12.1 Å².